The summed E-state index contributed by atoms with van der Waals surface area (Å²) in [6.45, 7) is 14.6. The molecule has 0 spiro atoms. The van der Waals surface area contributed by atoms with Crippen molar-refractivity contribution in [3.8, 4) is 0 Å². The number of carbonyl (C=O) groups is 2. The number of carbonyl (C=O) groups excluding carboxylic acids is 2. The lowest BCUT2D eigenvalue weighted by atomic mass is 9.78. The zero-order valence-electron chi connectivity index (χ0n) is 28.6. The smallest absolute Gasteiger partial charge is 0.305 e. The van der Waals surface area contributed by atoms with Crippen molar-refractivity contribution in [2.45, 2.75) is 142 Å². The van der Waals surface area contributed by atoms with Crippen LogP contribution in [0.3, 0.4) is 0 Å². The molecule has 3 rings (SSSR count). The normalized spacial score (nSPS) is 12.1. The molecule has 0 aliphatic carbocycles. The van der Waals surface area contributed by atoms with E-state index in [2.05, 4.69) is 90.1 Å². The average molecular weight is 603 g/mol. The molecule has 0 heterocycles. The SMILES string of the molecule is CCCCCCOC(=O)CCCC(C)(C)c1ccc2cc3cc(C(C)(C)CCCC(=O)OCCCCCC)ccc3cc2c1. The molecular formula is C40H58O4. The molecule has 0 amide bonds. The van der Waals surface area contributed by atoms with E-state index in [4.69, 9.17) is 9.47 Å². The second-order valence-corrected chi connectivity index (χ2v) is 14.0. The van der Waals surface area contributed by atoms with Gasteiger partial charge in [0.25, 0.3) is 0 Å². The molecule has 0 saturated heterocycles. The Morgan fingerprint density at radius 2 is 0.932 bits per heavy atom. The van der Waals surface area contributed by atoms with Crippen LogP contribution in [0.15, 0.2) is 48.5 Å². The summed E-state index contributed by atoms with van der Waals surface area (Å²) in [5.74, 6) is -0.138. The van der Waals surface area contributed by atoms with Crippen LogP contribution < -0.4 is 0 Å². The molecule has 0 aliphatic heterocycles. The molecule has 0 N–H and O–H groups in total. The Kier molecular flexibility index (Phi) is 14.2. The van der Waals surface area contributed by atoms with Crippen molar-refractivity contribution >= 4 is 33.5 Å². The van der Waals surface area contributed by atoms with Crippen molar-refractivity contribution in [3.05, 3.63) is 59.7 Å². The van der Waals surface area contributed by atoms with Gasteiger partial charge in [-0.1, -0.05) is 116 Å². The van der Waals surface area contributed by atoms with Gasteiger partial charge >= 0.3 is 11.9 Å². The Hall–Kier alpha value is -2.88. The highest BCUT2D eigenvalue weighted by Crippen LogP contribution is 2.35. The quantitative estimate of drug-likeness (QED) is 0.0733. The molecule has 0 bridgehead atoms. The molecule has 0 atom stereocenters. The summed E-state index contributed by atoms with van der Waals surface area (Å²) in [6, 6.07) is 18.2. The first kappa shape index (κ1) is 35.6. The van der Waals surface area contributed by atoms with Crippen molar-refractivity contribution in [1.82, 2.24) is 0 Å². The molecule has 44 heavy (non-hydrogen) atoms. The minimum absolute atomic E-state index is 0.0279. The maximum Gasteiger partial charge on any atom is 0.305 e. The number of rotatable bonds is 20. The molecule has 3 aromatic rings. The molecule has 0 fully saturated rings. The molecule has 242 valence electrons. The molecule has 0 radical (unpaired) electrons. The van der Waals surface area contributed by atoms with Crippen molar-refractivity contribution in [3.63, 3.8) is 0 Å². The lowest BCUT2D eigenvalue weighted by Gasteiger charge is -2.26. The van der Waals surface area contributed by atoms with Gasteiger partial charge in [-0.2, -0.15) is 0 Å². The highest BCUT2D eigenvalue weighted by Gasteiger charge is 2.23. The molecule has 4 nitrogen and oxygen atoms in total. The third kappa shape index (κ3) is 11.2. The number of benzene rings is 3. The standard InChI is InChI=1S/C40H58O4/c1-7-9-11-13-25-43-37(41)17-15-23-39(3,4)35-21-19-31-28-34-30-36(22-20-32(34)27-33(31)29-35)40(5,6)24-16-18-38(42)44-26-14-12-10-8-2/h19-22,27-30H,7-18,23-26H2,1-6H3. The van der Waals surface area contributed by atoms with Crippen molar-refractivity contribution in [1.29, 1.82) is 0 Å². The minimum atomic E-state index is -0.0690. The van der Waals surface area contributed by atoms with E-state index in [1.54, 1.807) is 0 Å². The number of unbranched alkanes of at least 4 members (excludes halogenated alkanes) is 6. The van der Waals surface area contributed by atoms with Crippen LogP contribution in [-0.4, -0.2) is 25.2 Å². The molecule has 4 heteroatoms. The van der Waals surface area contributed by atoms with Crippen molar-refractivity contribution in [2.75, 3.05) is 13.2 Å². The topological polar surface area (TPSA) is 52.6 Å². The van der Waals surface area contributed by atoms with Crippen LogP contribution in [0, 0.1) is 0 Å². The Bertz CT molecular complexity index is 1230. The summed E-state index contributed by atoms with van der Waals surface area (Å²) in [6.07, 6.45) is 13.5. The minimum Gasteiger partial charge on any atom is -0.466 e. The van der Waals surface area contributed by atoms with Crippen LogP contribution in [-0.2, 0) is 29.9 Å². The number of esters is 2. The van der Waals surface area contributed by atoms with Crippen LogP contribution in [0.5, 0.6) is 0 Å². The number of fused-ring (bicyclic) bond motifs is 2. The van der Waals surface area contributed by atoms with E-state index in [1.807, 2.05) is 0 Å². The highest BCUT2D eigenvalue weighted by atomic mass is 16.5. The Morgan fingerprint density at radius 3 is 1.32 bits per heavy atom. The lowest BCUT2D eigenvalue weighted by Crippen LogP contribution is -2.18. The zero-order valence-corrected chi connectivity index (χ0v) is 28.6. The van der Waals surface area contributed by atoms with Gasteiger partial charge in [-0.25, -0.2) is 0 Å². The van der Waals surface area contributed by atoms with E-state index in [-0.39, 0.29) is 22.8 Å². The van der Waals surface area contributed by atoms with E-state index in [0.29, 0.717) is 26.1 Å². The van der Waals surface area contributed by atoms with Gasteiger partial charge in [0.1, 0.15) is 0 Å². The van der Waals surface area contributed by atoms with E-state index in [0.717, 1.165) is 51.4 Å². The highest BCUT2D eigenvalue weighted by molar-refractivity contribution is 5.98. The van der Waals surface area contributed by atoms with Gasteiger partial charge < -0.3 is 9.47 Å². The largest absolute Gasteiger partial charge is 0.466 e. The summed E-state index contributed by atoms with van der Waals surface area (Å²) in [7, 11) is 0. The summed E-state index contributed by atoms with van der Waals surface area (Å²) < 4.78 is 10.9. The maximum atomic E-state index is 12.2. The van der Waals surface area contributed by atoms with Crippen LogP contribution in [0.4, 0.5) is 0 Å². The Morgan fingerprint density at radius 1 is 0.523 bits per heavy atom. The van der Waals surface area contributed by atoms with Crippen molar-refractivity contribution in [2.24, 2.45) is 0 Å². The van der Waals surface area contributed by atoms with Gasteiger partial charge in [0.15, 0.2) is 0 Å². The van der Waals surface area contributed by atoms with E-state index >= 15 is 0 Å². The Balaban J connectivity index is 1.57. The predicted octanol–water partition coefficient (Wildman–Crippen LogP) is 11.1. The second-order valence-electron chi connectivity index (χ2n) is 14.0. The van der Waals surface area contributed by atoms with Gasteiger partial charge in [-0.05, 0) is 94.2 Å². The van der Waals surface area contributed by atoms with Crippen molar-refractivity contribution < 1.29 is 19.1 Å². The van der Waals surface area contributed by atoms with E-state index in [1.165, 1.54) is 58.4 Å². The molecular weight excluding hydrogens is 544 g/mol. The van der Waals surface area contributed by atoms with Crippen LogP contribution in [0.1, 0.15) is 143 Å². The number of ether oxygens (including phenoxy) is 2. The fourth-order valence-electron chi connectivity index (χ4n) is 6.05. The van der Waals surface area contributed by atoms with E-state index in [9.17, 15) is 9.59 Å². The second kappa shape index (κ2) is 17.6. The molecule has 0 unspecified atom stereocenters. The van der Waals surface area contributed by atoms with Gasteiger partial charge in [0.2, 0.25) is 0 Å². The summed E-state index contributed by atoms with van der Waals surface area (Å²) >= 11 is 0. The zero-order chi connectivity index (χ0) is 32.0. The molecule has 0 aliphatic rings. The first-order chi connectivity index (χ1) is 21.1. The average Bonchev–Trinajstić information content (AvgIpc) is 2.99. The van der Waals surface area contributed by atoms with Crippen LogP contribution >= 0.6 is 0 Å². The molecule has 0 saturated carbocycles. The fourth-order valence-corrected chi connectivity index (χ4v) is 6.05. The van der Waals surface area contributed by atoms with Gasteiger partial charge in [-0.15, -0.1) is 0 Å². The Labute approximate surface area is 267 Å². The van der Waals surface area contributed by atoms with E-state index < -0.39 is 0 Å². The van der Waals surface area contributed by atoms with Gasteiger partial charge in [-0.3, -0.25) is 9.59 Å². The first-order valence-electron chi connectivity index (χ1n) is 17.4. The third-order valence-electron chi connectivity index (χ3n) is 9.25. The first-order valence-corrected chi connectivity index (χ1v) is 17.4. The summed E-state index contributed by atoms with van der Waals surface area (Å²) in [5, 5.41) is 4.96. The monoisotopic (exact) mass is 602 g/mol. The molecule has 3 aromatic carbocycles. The number of hydrogen-bond acceptors (Lipinski definition) is 4. The fraction of sp³-hybridized carbons (Fsp3) is 0.600. The van der Waals surface area contributed by atoms with Crippen LogP contribution in [0.2, 0.25) is 0 Å². The lowest BCUT2D eigenvalue weighted by molar-refractivity contribution is -0.144. The maximum absolute atomic E-state index is 12.2. The van der Waals surface area contributed by atoms with Gasteiger partial charge in [0, 0.05) is 12.8 Å². The summed E-state index contributed by atoms with van der Waals surface area (Å²) in [4.78, 5) is 24.4. The third-order valence-corrected chi connectivity index (χ3v) is 9.25. The summed E-state index contributed by atoms with van der Waals surface area (Å²) in [5.41, 5.74) is 2.55. The predicted molar refractivity (Wildman–Crippen MR) is 185 cm³/mol. The van der Waals surface area contributed by atoms with Gasteiger partial charge in [0.05, 0.1) is 13.2 Å². The van der Waals surface area contributed by atoms with Crippen LogP contribution in [0.25, 0.3) is 21.5 Å². The number of hydrogen-bond donors (Lipinski definition) is 0. The molecule has 0 aromatic heterocycles.